The summed E-state index contributed by atoms with van der Waals surface area (Å²) in [6, 6.07) is 1.39. The summed E-state index contributed by atoms with van der Waals surface area (Å²) >= 11 is 0. The van der Waals surface area contributed by atoms with Crippen molar-refractivity contribution in [1.82, 2.24) is 20.1 Å². The summed E-state index contributed by atoms with van der Waals surface area (Å²) < 4.78 is 6.29. The van der Waals surface area contributed by atoms with Gasteiger partial charge in [0.25, 0.3) is 5.91 Å². The fraction of sp³-hybridized carbons (Fsp3) is 0.640. The lowest BCUT2D eigenvalue weighted by Gasteiger charge is -2.37. The summed E-state index contributed by atoms with van der Waals surface area (Å²) in [7, 11) is 1.73. The van der Waals surface area contributed by atoms with Crippen molar-refractivity contribution in [1.29, 1.82) is 0 Å². The molecule has 2 aliphatic rings. The minimum Gasteiger partial charge on any atom is -0.472 e. The number of ether oxygens (including phenoxy) is 1. The molecule has 0 spiro atoms. The number of aliphatic hydroxyl groups is 1. The number of hydrogen-bond acceptors (Lipinski definition) is 5. The van der Waals surface area contributed by atoms with Crippen LogP contribution in [-0.4, -0.2) is 76.8 Å². The van der Waals surface area contributed by atoms with E-state index >= 15 is 0 Å². The summed E-state index contributed by atoms with van der Waals surface area (Å²) in [5, 5.41) is 12.7. The van der Waals surface area contributed by atoms with Crippen LogP contribution < -0.4 is 10.1 Å². The summed E-state index contributed by atoms with van der Waals surface area (Å²) in [5.74, 6) is 0.0194. The quantitative estimate of drug-likeness (QED) is 0.682. The number of rotatable bonds is 6. The van der Waals surface area contributed by atoms with Crippen molar-refractivity contribution in [2.45, 2.75) is 71.6 Å². The standard InChI is InChI=1S/C25H38N4O4/c1-16(2)27-25(32)28(5)14-22-17(3)13-29(18(4)15-30)24(31)21-11-20(12-26-23(21)33-22)19-9-7-6-8-10-19/h9,11-12,16-18,22,30H,6-8,10,13-15H2,1-5H3,(H,27,32)/t17-,18-,22+/m0/s1. The van der Waals surface area contributed by atoms with Crippen molar-refractivity contribution in [3.8, 4) is 5.88 Å². The number of fused-ring (bicyclic) bond motifs is 1. The highest BCUT2D eigenvalue weighted by atomic mass is 16.5. The monoisotopic (exact) mass is 458 g/mol. The summed E-state index contributed by atoms with van der Waals surface area (Å²) in [4.78, 5) is 33.9. The maximum atomic E-state index is 13.5. The molecule has 0 fully saturated rings. The SMILES string of the molecule is CC(C)NC(=O)N(C)C[C@H]1Oc2ncc(C3=CCCCC3)cc2C(=O)N([C@@H](C)CO)C[C@@H]1C. The molecule has 3 amide bonds. The average molecular weight is 459 g/mol. The molecule has 1 aliphatic heterocycles. The Morgan fingerprint density at radius 1 is 1.36 bits per heavy atom. The van der Waals surface area contributed by atoms with E-state index in [1.54, 1.807) is 23.0 Å². The molecule has 0 bridgehead atoms. The first kappa shape index (κ1) is 25.0. The number of allylic oxidation sites excluding steroid dienone is 2. The van der Waals surface area contributed by atoms with Gasteiger partial charge in [0.2, 0.25) is 5.88 Å². The molecule has 8 heteroatoms. The lowest BCUT2D eigenvalue weighted by molar-refractivity contribution is 0.0351. The van der Waals surface area contributed by atoms with Crippen molar-refractivity contribution in [3.63, 3.8) is 0 Å². The van der Waals surface area contributed by atoms with E-state index in [1.807, 2.05) is 33.8 Å². The summed E-state index contributed by atoms with van der Waals surface area (Å²) in [5.41, 5.74) is 2.56. The Morgan fingerprint density at radius 3 is 2.76 bits per heavy atom. The van der Waals surface area contributed by atoms with Gasteiger partial charge in [-0.1, -0.05) is 13.0 Å². The number of aliphatic hydroxyl groups excluding tert-OH is 1. The third kappa shape index (κ3) is 6.05. The van der Waals surface area contributed by atoms with Gasteiger partial charge < -0.3 is 25.0 Å². The van der Waals surface area contributed by atoms with Crippen LogP contribution in [0.4, 0.5) is 4.79 Å². The number of pyridine rings is 1. The maximum Gasteiger partial charge on any atom is 0.317 e. The van der Waals surface area contributed by atoms with Crippen LogP contribution in [0.25, 0.3) is 5.57 Å². The van der Waals surface area contributed by atoms with Crippen LogP contribution in [0.1, 0.15) is 69.3 Å². The van der Waals surface area contributed by atoms with Gasteiger partial charge in [-0.3, -0.25) is 4.79 Å². The van der Waals surface area contributed by atoms with Crippen molar-refractivity contribution < 1.29 is 19.4 Å². The normalized spacial score (nSPS) is 22.0. The Bertz CT molecular complexity index is 885. The van der Waals surface area contributed by atoms with Crippen LogP contribution in [0.15, 0.2) is 18.3 Å². The van der Waals surface area contributed by atoms with Gasteiger partial charge in [-0.05, 0) is 63.7 Å². The van der Waals surface area contributed by atoms with Gasteiger partial charge >= 0.3 is 6.03 Å². The van der Waals surface area contributed by atoms with Gasteiger partial charge in [0.05, 0.1) is 19.2 Å². The molecule has 3 atom stereocenters. The molecule has 0 saturated heterocycles. The van der Waals surface area contributed by atoms with Crippen LogP contribution in [0, 0.1) is 5.92 Å². The third-order valence-corrected chi connectivity index (χ3v) is 6.40. The molecule has 1 aromatic heterocycles. The highest BCUT2D eigenvalue weighted by Gasteiger charge is 2.35. The van der Waals surface area contributed by atoms with Crippen LogP contribution in [0.3, 0.4) is 0 Å². The number of hydrogen-bond donors (Lipinski definition) is 2. The summed E-state index contributed by atoms with van der Waals surface area (Å²) in [6.07, 6.45) is 7.97. The van der Waals surface area contributed by atoms with E-state index in [0.29, 0.717) is 18.7 Å². The Labute approximate surface area is 197 Å². The Hall–Kier alpha value is -2.61. The first-order valence-corrected chi connectivity index (χ1v) is 12.0. The predicted octanol–water partition coefficient (Wildman–Crippen LogP) is 3.31. The number of carbonyl (C=O) groups excluding carboxylic acids is 2. The largest absolute Gasteiger partial charge is 0.472 e. The van der Waals surface area contributed by atoms with Crippen molar-refractivity contribution in [2.24, 2.45) is 5.92 Å². The maximum absolute atomic E-state index is 13.5. The number of amides is 3. The lowest BCUT2D eigenvalue weighted by Crippen LogP contribution is -2.51. The zero-order valence-electron chi connectivity index (χ0n) is 20.5. The van der Waals surface area contributed by atoms with E-state index < -0.39 is 0 Å². The van der Waals surface area contributed by atoms with Gasteiger partial charge in [-0.25, -0.2) is 9.78 Å². The minimum absolute atomic E-state index is 0.0315. The molecular weight excluding hydrogens is 420 g/mol. The highest BCUT2D eigenvalue weighted by Crippen LogP contribution is 2.32. The second-order valence-electron chi connectivity index (χ2n) is 9.66. The van der Waals surface area contributed by atoms with Crippen molar-refractivity contribution >= 4 is 17.5 Å². The molecule has 182 valence electrons. The number of aromatic nitrogens is 1. The fourth-order valence-corrected chi connectivity index (χ4v) is 4.31. The van der Waals surface area contributed by atoms with Gasteiger partial charge in [0, 0.05) is 31.7 Å². The summed E-state index contributed by atoms with van der Waals surface area (Å²) in [6.45, 7) is 8.30. The van der Waals surface area contributed by atoms with E-state index in [1.165, 1.54) is 12.0 Å². The lowest BCUT2D eigenvalue weighted by atomic mass is 9.93. The molecule has 0 unspecified atom stereocenters. The Morgan fingerprint density at radius 2 is 2.12 bits per heavy atom. The molecule has 1 aromatic rings. The Kier molecular flexibility index (Phi) is 8.35. The molecule has 0 saturated carbocycles. The van der Waals surface area contributed by atoms with E-state index in [0.717, 1.165) is 24.8 Å². The van der Waals surface area contributed by atoms with Gasteiger partial charge in [0.15, 0.2) is 0 Å². The number of urea groups is 1. The Balaban J connectivity index is 1.95. The van der Waals surface area contributed by atoms with E-state index in [4.69, 9.17) is 4.74 Å². The van der Waals surface area contributed by atoms with Gasteiger partial charge in [0.1, 0.15) is 11.7 Å². The molecule has 8 nitrogen and oxygen atoms in total. The topological polar surface area (TPSA) is 95.0 Å². The van der Waals surface area contributed by atoms with Crippen LogP contribution in [0.5, 0.6) is 5.88 Å². The van der Waals surface area contributed by atoms with Gasteiger partial charge in [-0.15, -0.1) is 0 Å². The first-order valence-electron chi connectivity index (χ1n) is 12.0. The molecule has 2 heterocycles. The zero-order valence-corrected chi connectivity index (χ0v) is 20.5. The number of likely N-dealkylation sites (N-methyl/N-ethyl adjacent to an activating group) is 1. The second kappa shape index (κ2) is 11.0. The second-order valence-corrected chi connectivity index (χ2v) is 9.66. The number of nitrogens with one attached hydrogen (secondary N) is 1. The molecule has 0 radical (unpaired) electrons. The van der Waals surface area contributed by atoms with Crippen LogP contribution in [0.2, 0.25) is 0 Å². The van der Waals surface area contributed by atoms with E-state index in [2.05, 4.69) is 16.4 Å². The fourth-order valence-electron chi connectivity index (χ4n) is 4.31. The average Bonchev–Trinajstić information content (AvgIpc) is 2.80. The minimum atomic E-state index is -0.361. The van der Waals surface area contributed by atoms with Crippen molar-refractivity contribution in [2.75, 3.05) is 26.7 Å². The van der Waals surface area contributed by atoms with Crippen LogP contribution in [-0.2, 0) is 0 Å². The molecule has 2 N–H and O–H groups in total. The highest BCUT2D eigenvalue weighted by molar-refractivity contribution is 5.97. The third-order valence-electron chi connectivity index (χ3n) is 6.40. The van der Waals surface area contributed by atoms with Gasteiger partial charge in [-0.2, -0.15) is 0 Å². The predicted molar refractivity (Wildman–Crippen MR) is 128 cm³/mol. The smallest absolute Gasteiger partial charge is 0.317 e. The molecular formula is C25H38N4O4. The molecule has 3 rings (SSSR count). The molecule has 0 aromatic carbocycles. The van der Waals surface area contributed by atoms with Crippen LogP contribution >= 0.6 is 0 Å². The van der Waals surface area contributed by atoms with Crippen molar-refractivity contribution in [3.05, 3.63) is 29.5 Å². The zero-order chi connectivity index (χ0) is 24.1. The molecule has 33 heavy (non-hydrogen) atoms. The molecule has 1 aliphatic carbocycles. The number of carbonyl (C=O) groups is 2. The van der Waals surface area contributed by atoms with E-state index in [-0.39, 0.29) is 48.5 Å². The first-order chi connectivity index (χ1) is 15.7. The number of nitrogens with zero attached hydrogens (tertiary/aromatic N) is 3. The van der Waals surface area contributed by atoms with E-state index in [9.17, 15) is 14.7 Å².